The van der Waals surface area contributed by atoms with Crippen LogP contribution in [0.1, 0.15) is 21.5 Å². The van der Waals surface area contributed by atoms with Crippen LogP contribution in [0.15, 0.2) is 36.4 Å². The SMILES string of the molecule is Cc1cccc(C)c1NC(=O)CNC(=O)c1ccc(O)c(Cl)c1. The maximum absolute atomic E-state index is 12.0. The fourth-order valence-electron chi connectivity index (χ4n) is 2.11. The van der Waals surface area contributed by atoms with Crippen LogP contribution < -0.4 is 10.6 Å². The lowest BCUT2D eigenvalue weighted by Gasteiger charge is -2.12. The fraction of sp³-hybridized carbons (Fsp3) is 0.176. The highest BCUT2D eigenvalue weighted by molar-refractivity contribution is 6.32. The molecule has 0 saturated heterocycles. The number of nitrogens with one attached hydrogen (secondary N) is 2. The summed E-state index contributed by atoms with van der Waals surface area (Å²) in [5.41, 5.74) is 2.93. The zero-order valence-corrected chi connectivity index (χ0v) is 13.6. The van der Waals surface area contributed by atoms with Gasteiger partial charge in [-0.1, -0.05) is 29.8 Å². The van der Waals surface area contributed by atoms with E-state index < -0.39 is 5.91 Å². The van der Waals surface area contributed by atoms with Crippen LogP contribution in [0.4, 0.5) is 5.69 Å². The van der Waals surface area contributed by atoms with Crippen molar-refractivity contribution in [2.24, 2.45) is 0 Å². The maximum Gasteiger partial charge on any atom is 0.251 e. The summed E-state index contributed by atoms with van der Waals surface area (Å²) < 4.78 is 0. The topological polar surface area (TPSA) is 78.4 Å². The monoisotopic (exact) mass is 332 g/mol. The number of rotatable bonds is 4. The van der Waals surface area contributed by atoms with E-state index in [4.69, 9.17) is 11.6 Å². The Morgan fingerprint density at radius 3 is 2.39 bits per heavy atom. The van der Waals surface area contributed by atoms with E-state index in [-0.39, 0.29) is 28.8 Å². The molecule has 23 heavy (non-hydrogen) atoms. The predicted molar refractivity (Wildman–Crippen MR) is 90.0 cm³/mol. The van der Waals surface area contributed by atoms with E-state index in [1.54, 1.807) is 0 Å². The minimum Gasteiger partial charge on any atom is -0.506 e. The molecule has 0 radical (unpaired) electrons. The van der Waals surface area contributed by atoms with Crippen LogP contribution in [-0.4, -0.2) is 23.5 Å². The summed E-state index contributed by atoms with van der Waals surface area (Å²) in [7, 11) is 0. The van der Waals surface area contributed by atoms with Gasteiger partial charge in [0.1, 0.15) is 5.75 Å². The average molecular weight is 333 g/mol. The zero-order valence-electron chi connectivity index (χ0n) is 12.8. The Kier molecular flexibility index (Phi) is 5.24. The molecule has 0 saturated carbocycles. The summed E-state index contributed by atoms with van der Waals surface area (Å²) in [6, 6.07) is 9.82. The van der Waals surface area contributed by atoms with E-state index in [0.717, 1.165) is 16.8 Å². The van der Waals surface area contributed by atoms with Gasteiger partial charge in [0, 0.05) is 11.3 Å². The van der Waals surface area contributed by atoms with Crippen molar-refractivity contribution in [1.82, 2.24) is 5.32 Å². The average Bonchev–Trinajstić information content (AvgIpc) is 2.51. The van der Waals surface area contributed by atoms with Crippen LogP contribution in [0.3, 0.4) is 0 Å². The normalized spacial score (nSPS) is 10.2. The van der Waals surface area contributed by atoms with Gasteiger partial charge in [0.2, 0.25) is 5.91 Å². The molecular formula is C17H17ClN2O3. The second-order valence-electron chi connectivity index (χ2n) is 5.16. The smallest absolute Gasteiger partial charge is 0.251 e. The minimum atomic E-state index is -0.441. The number of anilines is 1. The molecule has 6 heteroatoms. The first kappa shape index (κ1) is 16.8. The number of phenols is 1. The van der Waals surface area contributed by atoms with Crippen LogP contribution in [0.25, 0.3) is 0 Å². The lowest BCUT2D eigenvalue weighted by atomic mass is 10.1. The van der Waals surface area contributed by atoms with Crippen molar-refractivity contribution in [3.8, 4) is 5.75 Å². The van der Waals surface area contributed by atoms with Crippen LogP contribution in [0.5, 0.6) is 5.75 Å². The number of carbonyl (C=O) groups is 2. The molecule has 0 bridgehead atoms. The standard InChI is InChI=1S/C17H17ClN2O3/c1-10-4-3-5-11(2)16(10)20-15(22)9-19-17(23)12-6-7-14(21)13(18)8-12/h3-8,21H,9H2,1-2H3,(H,19,23)(H,20,22). The Morgan fingerprint density at radius 2 is 1.78 bits per heavy atom. The lowest BCUT2D eigenvalue weighted by molar-refractivity contribution is -0.115. The van der Waals surface area contributed by atoms with Crippen LogP contribution in [0.2, 0.25) is 5.02 Å². The van der Waals surface area contributed by atoms with Gasteiger partial charge in [-0.3, -0.25) is 9.59 Å². The van der Waals surface area contributed by atoms with Gasteiger partial charge in [0.25, 0.3) is 5.91 Å². The second-order valence-corrected chi connectivity index (χ2v) is 5.57. The van der Waals surface area contributed by atoms with Gasteiger partial charge in [-0.2, -0.15) is 0 Å². The molecule has 0 spiro atoms. The Balaban J connectivity index is 1.96. The van der Waals surface area contributed by atoms with Crippen molar-refractivity contribution < 1.29 is 14.7 Å². The van der Waals surface area contributed by atoms with E-state index in [2.05, 4.69) is 10.6 Å². The summed E-state index contributed by atoms with van der Waals surface area (Å²) in [4.78, 5) is 23.9. The number of hydrogen-bond acceptors (Lipinski definition) is 3. The molecule has 5 nitrogen and oxygen atoms in total. The largest absolute Gasteiger partial charge is 0.506 e. The first-order valence-electron chi connectivity index (χ1n) is 7.01. The molecule has 0 aliphatic heterocycles. The fourth-order valence-corrected chi connectivity index (χ4v) is 2.29. The predicted octanol–water partition coefficient (Wildman–Crippen LogP) is 3.03. The van der Waals surface area contributed by atoms with Gasteiger partial charge in [-0.25, -0.2) is 0 Å². The Morgan fingerprint density at radius 1 is 1.13 bits per heavy atom. The van der Waals surface area contributed by atoms with E-state index in [0.29, 0.717) is 0 Å². The summed E-state index contributed by atoms with van der Waals surface area (Å²) in [5, 5.41) is 14.7. The molecule has 0 atom stereocenters. The highest BCUT2D eigenvalue weighted by Crippen LogP contribution is 2.23. The molecule has 0 aliphatic carbocycles. The Hall–Kier alpha value is -2.53. The molecule has 0 unspecified atom stereocenters. The van der Waals surface area contributed by atoms with Gasteiger partial charge < -0.3 is 15.7 Å². The first-order chi connectivity index (χ1) is 10.9. The second kappa shape index (κ2) is 7.15. The number of hydrogen-bond donors (Lipinski definition) is 3. The van der Waals surface area contributed by atoms with Crippen LogP contribution in [0, 0.1) is 13.8 Å². The summed E-state index contributed by atoms with van der Waals surface area (Å²) in [6.45, 7) is 3.64. The Labute approximate surface area is 139 Å². The van der Waals surface area contributed by atoms with Crippen molar-refractivity contribution in [2.45, 2.75) is 13.8 Å². The van der Waals surface area contributed by atoms with E-state index in [1.807, 2.05) is 32.0 Å². The molecule has 2 rings (SSSR count). The summed E-state index contributed by atoms with van der Waals surface area (Å²) >= 11 is 5.75. The van der Waals surface area contributed by atoms with E-state index in [9.17, 15) is 14.7 Å². The maximum atomic E-state index is 12.0. The molecule has 3 N–H and O–H groups in total. The summed E-state index contributed by atoms with van der Waals surface area (Å²) in [5.74, 6) is -0.861. The Bertz CT molecular complexity index is 739. The number of amides is 2. The number of aromatic hydroxyl groups is 1. The highest BCUT2D eigenvalue weighted by Gasteiger charge is 2.11. The highest BCUT2D eigenvalue weighted by atomic mass is 35.5. The molecule has 0 fully saturated rings. The number of para-hydroxylation sites is 1. The number of phenolic OH excluding ortho intramolecular Hbond substituents is 1. The van der Waals surface area contributed by atoms with Crippen LogP contribution in [-0.2, 0) is 4.79 Å². The van der Waals surface area contributed by atoms with Gasteiger partial charge in [-0.15, -0.1) is 0 Å². The zero-order chi connectivity index (χ0) is 17.0. The molecule has 0 aliphatic rings. The molecule has 0 heterocycles. The molecule has 2 amide bonds. The quantitative estimate of drug-likeness (QED) is 0.805. The van der Waals surface area contributed by atoms with Crippen molar-refractivity contribution in [3.63, 3.8) is 0 Å². The number of benzene rings is 2. The third-order valence-electron chi connectivity index (χ3n) is 3.36. The number of aryl methyl sites for hydroxylation is 2. The number of halogens is 1. The minimum absolute atomic E-state index is 0.0811. The number of carbonyl (C=O) groups excluding carboxylic acids is 2. The van der Waals surface area contributed by atoms with Gasteiger partial charge in [0.15, 0.2) is 0 Å². The van der Waals surface area contributed by atoms with Crippen molar-refractivity contribution in [3.05, 3.63) is 58.1 Å². The van der Waals surface area contributed by atoms with Gasteiger partial charge in [-0.05, 0) is 43.2 Å². The van der Waals surface area contributed by atoms with Gasteiger partial charge >= 0.3 is 0 Å². The third-order valence-corrected chi connectivity index (χ3v) is 3.67. The first-order valence-corrected chi connectivity index (χ1v) is 7.39. The molecule has 0 aromatic heterocycles. The van der Waals surface area contributed by atoms with Crippen molar-refractivity contribution in [1.29, 1.82) is 0 Å². The molecule has 2 aromatic carbocycles. The van der Waals surface area contributed by atoms with Gasteiger partial charge in [0.05, 0.1) is 11.6 Å². The summed E-state index contributed by atoms with van der Waals surface area (Å²) in [6.07, 6.45) is 0. The van der Waals surface area contributed by atoms with E-state index in [1.165, 1.54) is 18.2 Å². The molecule has 2 aromatic rings. The third kappa shape index (κ3) is 4.23. The lowest BCUT2D eigenvalue weighted by Crippen LogP contribution is -2.33. The van der Waals surface area contributed by atoms with E-state index >= 15 is 0 Å². The van der Waals surface area contributed by atoms with Crippen molar-refractivity contribution >= 4 is 29.1 Å². The molecular weight excluding hydrogens is 316 g/mol. The van der Waals surface area contributed by atoms with Crippen LogP contribution >= 0.6 is 11.6 Å². The van der Waals surface area contributed by atoms with Crippen molar-refractivity contribution in [2.75, 3.05) is 11.9 Å². The molecule has 120 valence electrons.